The van der Waals surface area contributed by atoms with E-state index in [-0.39, 0.29) is 23.6 Å². The first kappa shape index (κ1) is 16.5. The third-order valence-electron chi connectivity index (χ3n) is 4.59. The molecule has 0 spiro atoms. The number of rotatable bonds is 3. The molecule has 0 radical (unpaired) electrons. The van der Waals surface area contributed by atoms with Crippen molar-refractivity contribution in [2.24, 2.45) is 5.92 Å². The molecule has 0 bridgehead atoms. The van der Waals surface area contributed by atoms with Crippen molar-refractivity contribution in [2.75, 3.05) is 31.5 Å². The fraction of sp³-hybridized carbons (Fsp3) is 0.500. The second-order valence-electron chi connectivity index (χ2n) is 6.75. The van der Waals surface area contributed by atoms with E-state index in [4.69, 9.17) is 0 Å². The van der Waals surface area contributed by atoms with Crippen LogP contribution < -0.4 is 5.32 Å². The molecule has 6 nitrogen and oxygen atoms in total. The number of nitrogens with zero attached hydrogens (tertiary/aromatic N) is 2. The van der Waals surface area contributed by atoms with Crippen LogP contribution >= 0.6 is 0 Å². The Labute approximate surface area is 141 Å². The Hall–Kier alpha value is -2.37. The van der Waals surface area contributed by atoms with Crippen LogP contribution in [0.15, 0.2) is 18.2 Å². The molecule has 1 saturated heterocycles. The van der Waals surface area contributed by atoms with E-state index in [0.717, 1.165) is 16.8 Å². The van der Waals surface area contributed by atoms with Gasteiger partial charge in [-0.3, -0.25) is 14.4 Å². The van der Waals surface area contributed by atoms with Crippen molar-refractivity contribution in [2.45, 2.75) is 26.7 Å². The lowest BCUT2D eigenvalue weighted by Crippen LogP contribution is -2.51. The van der Waals surface area contributed by atoms with Crippen LogP contribution in [0.2, 0.25) is 0 Å². The SMILES string of the molecule is CC(C)C(=O)N1CCN(C(=O)Cc2ccc3c(c2)CC(=O)N3)CC1. The molecule has 0 saturated carbocycles. The molecule has 3 amide bonds. The van der Waals surface area contributed by atoms with E-state index in [1.54, 1.807) is 0 Å². The number of piperazine rings is 1. The minimum Gasteiger partial charge on any atom is -0.339 e. The van der Waals surface area contributed by atoms with E-state index in [9.17, 15) is 14.4 Å². The molecular formula is C18H23N3O3. The molecule has 1 N–H and O–H groups in total. The highest BCUT2D eigenvalue weighted by molar-refractivity contribution is 5.99. The molecule has 2 heterocycles. The number of carbonyl (C=O) groups excluding carboxylic acids is 3. The average molecular weight is 329 g/mol. The van der Waals surface area contributed by atoms with Crippen molar-refractivity contribution in [3.63, 3.8) is 0 Å². The Morgan fingerprint density at radius 3 is 2.46 bits per heavy atom. The Morgan fingerprint density at radius 2 is 1.79 bits per heavy atom. The lowest BCUT2D eigenvalue weighted by Gasteiger charge is -2.35. The predicted octanol–water partition coefficient (Wildman–Crippen LogP) is 1.05. The average Bonchev–Trinajstić information content (AvgIpc) is 2.93. The van der Waals surface area contributed by atoms with Gasteiger partial charge in [-0.15, -0.1) is 0 Å². The second-order valence-corrected chi connectivity index (χ2v) is 6.75. The number of hydrogen-bond acceptors (Lipinski definition) is 3. The summed E-state index contributed by atoms with van der Waals surface area (Å²) in [5.41, 5.74) is 2.73. The lowest BCUT2D eigenvalue weighted by molar-refractivity contribution is -0.141. The monoisotopic (exact) mass is 329 g/mol. The summed E-state index contributed by atoms with van der Waals surface area (Å²) in [5, 5.41) is 2.79. The topological polar surface area (TPSA) is 69.7 Å². The van der Waals surface area contributed by atoms with Crippen molar-refractivity contribution in [1.29, 1.82) is 0 Å². The highest BCUT2D eigenvalue weighted by Crippen LogP contribution is 2.24. The first-order chi connectivity index (χ1) is 11.4. The Bertz CT molecular complexity index is 676. The van der Waals surface area contributed by atoms with E-state index in [1.807, 2.05) is 41.8 Å². The van der Waals surface area contributed by atoms with Gasteiger partial charge < -0.3 is 15.1 Å². The van der Waals surface area contributed by atoms with Gasteiger partial charge in [0.15, 0.2) is 0 Å². The van der Waals surface area contributed by atoms with E-state index in [2.05, 4.69) is 5.32 Å². The molecule has 1 fully saturated rings. The van der Waals surface area contributed by atoms with Crippen molar-refractivity contribution < 1.29 is 14.4 Å². The molecule has 3 rings (SSSR count). The number of hydrogen-bond donors (Lipinski definition) is 1. The lowest BCUT2D eigenvalue weighted by atomic mass is 10.1. The van der Waals surface area contributed by atoms with Crippen LogP contribution in [-0.4, -0.2) is 53.7 Å². The molecule has 128 valence electrons. The predicted molar refractivity (Wildman–Crippen MR) is 90.5 cm³/mol. The van der Waals surface area contributed by atoms with Crippen LogP contribution in [0.3, 0.4) is 0 Å². The fourth-order valence-corrected chi connectivity index (χ4v) is 3.22. The van der Waals surface area contributed by atoms with Gasteiger partial charge in [-0.2, -0.15) is 0 Å². The van der Waals surface area contributed by atoms with Crippen LogP contribution in [0.4, 0.5) is 5.69 Å². The van der Waals surface area contributed by atoms with Crippen LogP contribution in [0.25, 0.3) is 0 Å². The van der Waals surface area contributed by atoms with Gasteiger partial charge in [-0.25, -0.2) is 0 Å². The standard InChI is InChI=1S/C18H23N3O3/c1-12(2)18(24)21-7-5-20(6-8-21)17(23)10-13-3-4-15-14(9-13)11-16(22)19-15/h3-4,9,12H,5-8,10-11H2,1-2H3,(H,19,22). The van der Waals surface area contributed by atoms with Gasteiger partial charge in [0.2, 0.25) is 17.7 Å². The largest absolute Gasteiger partial charge is 0.339 e. The zero-order valence-corrected chi connectivity index (χ0v) is 14.2. The normalized spacial score (nSPS) is 17.0. The van der Waals surface area contributed by atoms with E-state index >= 15 is 0 Å². The summed E-state index contributed by atoms with van der Waals surface area (Å²) in [6, 6.07) is 5.69. The van der Waals surface area contributed by atoms with Crippen LogP contribution in [0.5, 0.6) is 0 Å². The first-order valence-electron chi connectivity index (χ1n) is 8.42. The highest BCUT2D eigenvalue weighted by Gasteiger charge is 2.25. The Morgan fingerprint density at radius 1 is 1.12 bits per heavy atom. The number of benzene rings is 1. The molecular weight excluding hydrogens is 306 g/mol. The molecule has 2 aliphatic rings. The zero-order chi connectivity index (χ0) is 17.3. The Kier molecular flexibility index (Phi) is 4.55. The molecule has 1 aromatic carbocycles. The number of fused-ring (bicyclic) bond motifs is 1. The highest BCUT2D eigenvalue weighted by atomic mass is 16.2. The van der Waals surface area contributed by atoms with Gasteiger partial charge in [0.25, 0.3) is 0 Å². The van der Waals surface area contributed by atoms with E-state index in [0.29, 0.717) is 39.0 Å². The molecule has 0 unspecified atom stereocenters. The minimum absolute atomic E-state index is 0.000539. The minimum atomic E-state index is -0.00464. The van der Waals surface area contributed by atoms with Gasteiger partial charge in [-0.05, 0) is 17.2 Å². The summed E-state index contributed by atoms with van der Waals surface area (Å²) in [7, 11) is 0. The Balaban J connectivity index is 1.56. The molecule has 0 aliphatic carbocycles. The van der Waals surface area contributed by atoms with Crippen LogP contribution in [0, 0.1) is 5.92 Å². The summed E-state index contributed by atoms with van der Waals surface area (Å²) in [5.74, 6) is 0.219. The van der Waals surface area contributed by atoms with Gasteiger partial charge in [0.1, 0.15) is 0 Å². The molecule has 6 heteroatoms. The van der Waals surface area contributed by atoms with Gasteiger partial charge in [-0.1, -0.05) is 26.0 Å². The summed E-state index contributed by atoms with van der Waals surface area (Å²) in [4.78, 5) is 39.5. The fourth-order valence-electron chi connectivity index (χ4n) is 3.22. The van der Waals surface area contributed by atoms with Gasteiger partial charge in [0.05, 0.1) is 12.8 Å². The first-order valence-corrected chi connectivity index (χ1v) is 8.42. The molecule has 24 heavy (non-hydrogen) atoms. The summed E-state index contributed by atoms with van der Waals surface area (Å²) < 4.78 is 0. The molecule has 0 aromatic heterocycles. The van der Waals surface area contributed by atoms with Crippen LogP contribution in [0.1, 0.15) is 25.0 Å². The van der Waals surface area contributed by atoms with E-state index in [1.165, 1.54) is 0 Å². The number of nitrogens with one attached hydrogen (secondary N) is 1. The van der Waals surface area contributed by atoms with Crippen molar-refractivity contribution in [1.82, 2.24) is 9.80 Å². The molecule has 1 aromatic rings. The third-order valence-corrected chi connectivity index (χ3v) is 4.59. The summed E-state index contributed by atoms with van der Waals surface area (Å²) in [6.07, 6.45) is 0.715. The van der Waals surface area contributed by atoms with Gasteiger partial charge in [0, 0.05) is 37.8 Å². The summed E-state index contributed by atoms with van der Waals surface area (Å²) >= 11 is 0. The van der Waals surface area contributed by atoms with Crippen LogP contribution in [-0.2, 0) is 27.2 Å². The van der Waals surface area contributed by atoms with Crippen molar-refractivity contribution in [3.05, 3.63) is 29.3 Å². The van der Waals surface area contributed by atoms with E-state index < -0.39 is 0 Å². The maximum Gasteiger partial charge on any atom is 0.228 e. The number of anilines is 1. The maximum atomic E-state index is 12.5. The van der Waals surface area contributed by atoms with Crippen molar-refractivity contribution in [3.8, 4) is 0 Å². The quantitative estimate of drug-likeness (QED) is 0.901. The third kappa shape index (κ3) is 3.42. The molecule has 0 atom stereocenters. The molecule has 2 aliphatic heterocycles. The maximum absolute atomic E-state index is 12.5. The second kappa shape index (κ2) is 6.63. The number of amides is 3. The van der Waals surface area contributed by atoms with Gasteiger partial charge >= 0.3 is 0 Å². The summed E-state index contributed by atoms with van der Waals surface area (Å²) in [6.45, 7) is 6.17. The zero-order valence-electron chi connectivity index (χ0n) is 14.2. The smallest absolute Gasteiger partial charge is 0.228 e. The van der Waals surface area contributed by atoms with Crippen molar-refractivity contribution >= 4 is 23.4 Å². The number of carbonyl (C=O) groups is 3.